The lowest BCUT2D eigenvalue weighted by atomic mass is 9.97. The third-order valence-corrected chi connectivity index (χ3v) is 6.50. The van der Waals surface area contributed by atoms with Crippen molar-refractivity contribution in [3.05, 3.63) is 29.2 Å². The van der Waals surface area contributed by atoms with Crippen molar-refractivity contribution < 1.29 is 4.79 Å². The van der Waals surface area contributed by atoms with Gasteiger partial charge in [-0.2, -0.15) is 0 Å². The van der Waals surface area contributed by atoms with E-state index in [0.29, 0.717) is 0 Å². The summed E-state index contributed by atoms with van der Waals surface area (Å²) in [6.45, 7) is 5.51. The van der Waals surface area contributed by atoms with Crippen molar-refractivity contribution in [3.8, 4) is 10.7 Å². The molecule has 0 unspecified atom stereocenters. The standard InChI is InChI=1S/C19H26N4OS2/c1-3-23-17(16-10-7-13-25-16)21-22-19(23)26-14(2)18(24)20-12-11-15-8-5-4-6-9-15/h7-8,10,13-14H,3-6,9,11-12H2,1-2H3,(H,20,24)/t14-/m0/s1. The SMILES string of the molecule is CCn1c(S[C@@H](C)C(=O)NCCC2=CCCCC2)nnc1-c1cccs1. The number of allylic oxidation sites excluding steroid dienone is 1. The van der Waals surface area contributed by atoms with Gasteiger partial charge in [0.2, 0.25) is 5.91 Å². The fraction of sp³-hybridized carbons (Fsp3) is 0.526. The van der Waals surface area contributed by atoms with Crippen molar-refractivity contribution >= 4 is 29.0 Å². The van der Waals surface area contributed by atoms with Crippen molar-refractivity contribution in [1.82, 2.24) is 20.1 Å². The summed E-state index contributed by atoms with van der Waals surface area (Å²) in [6, 6.07) is 4.06. The zero-order valence-electron chi connectivity index (χ0n) is 15.4. The van der Waals surface area contributed by atoms with Gasteiger partial charge in [-0.25, -0.2) is 0 Å². The molecule has 140 valence electrons. The van der Waals surface area contributed by atoms with E-state index >= 15 is 0 Å². The lowest BCUT2D eigenvalue weighted by Crippen LogP contribution is -2.32. The zero-order chi connectivity index (χ0) is 18.4. The molecule has 2 aromatic heterocycles. The van der Waals surface area contributed by atoms with Crippen LogP contribution in [0.2, 0.25) is 0 Å². The first-order chi connectivity index (χ1) is 12.7. The van der Waals surface area contributed by atoms with Crippen molar-refractivity contribution in [2.24, 2.45) is 0 Å². The summed E-state index contributed by atoms with van der Waals surface area (Å²) in [4.78, 5) is 13.5. The fourth-order valence-electron chi connectivity index (χ4n) is 3.08. The first-order valence-corrected chi connectivity index (χ1v) is 11.0. The topological polar surface area (TPSA) is 59.8 Å². The van der Waals surface area contributed by atoms with Crippen LogP contribution in [0.3, 0.4) is 0 Å². The molecule has 0 radical (unpaired) electrons. The highest BCUT2D eigenvalue weighted by atomic mass is 32.2. The monoisotopic (exact) mass is 390 g/mol. The van der Waals surface area contributed by atoms with Gasteiger partial charge < -0.3 is 9.88 Å². The number of carbonyl (C=O) groups excluding carboxylic acids is 1. The highest BCUT2D eigenvalue weighted by Gasteiger charge is 2.20. The molecule has 2 heterocycles. The molecule has 1 aliphatic carbocycles. The van der Waals surface area contributed by atoms with E-state index in [0.717, 1.165) is 35.4 Å². The van der Waals surface area contributed by atoms with Gasteiger partial charge in [0.15, 0.2) is 11.0 Å². The van der Waals surface area contributed by atoms with Crippen LogP contribution in [0.5, 0.6) is 0 Å². The van der Waals surface area contributed by atoms with Crippen molar-refractivity contribution in [2.45, 2.75) is 62.9 Å². The molecule has 0 aliphatic heterocycles. The number of hydrogen-bond donors (Lipinski definition) is 1. The highest BCUT2D eigenvalue weighted by molar-refractivity contribution is 8.00. The molecule has 0 spiro atoms. The number of nitrogens with one attached hydrogen (secondary N) is 1. The van der Waals surface area contributed by atoms with Crippen LogP contribution in [0.4, 0.5) is 0 Å². The molecule has 0 saturated heterocycles. The molecule has 3 rings (SSSR count). The van der Waals surface area contributed by atoms with Gasteiger partial charge in [-0.3, -0.25) is 4.79 Å². The summed E-state index contributed by atoms with van der Waals surface area (Å²) in [7, 11) is 0. The van der Waals surface area contributed by atoms with Gasteiger partial charge in [0, 0.05) is 13.1 Å². The Morgan fingerprint density at radius 3 is 3.00 bits per heavy atom. The molecule has 2 aromatic rings. The number of hydrogen-bond acceptors (Lipinski definition) is 5. The average molecular weight is 391 g/mol. The van der Waals surface area contributed by atoms with E-state index in [9.17, 15) is 4.79 Å². The summed E-state index contributed by atoms with van der Waals surface area (Å²) in [5.41, 5.74) is 1.49. The summed E-state index contributed by atoms with van der Waals surface area (Å²) in [5.74, 6) is 0.941. The summed E-state index contributed by atoms with van der Waals surface area (Å²) in [6.07, 6.45) is 8.26. The Morgan fingerprint density at radius 1 is 1.42 bits per heavy atom. The van der Waals surface area contributed by atoms with Gasteiger partial charge in [-0.1, -0.05) is 29.5 Å². The Kier molecular flexibility index (Phi) is 6.91. The Bertz CT molecular complexity index is 752. The van der Waals surface area contributed by atoms with Crippen LogP contribution in [-0.2, 0) is 11.3 Å². The van der Waals surface area contributed by atoms with Gasteiger partial charge in [0.25, 0.3) is 0 Å². The first kappa shape index (κ1) is 19.2. The van der Waals surface area contributed by atoms with Gasteiger partial charge in [0.1, 0.15) is 0 Å². The molecular formula is C19H26N4OS2. The Hall–Kier alpha value is -1.60. The number of nitrogens with zero attached hydrogens (tertiary/aromatic N) is 3. The quantitative estimate of drug-likeness (QED) is 0.532. The summed E-state index contributed by atoms with van der Waals surface area (Å²) >= 11 is 3.13. The number of thiophene rings is 1. The van der Waals surface area contributed by atoms with Crippen LogP contribution in [0, 0.1) is 0 Å². The van der Waals surface area contributed by atoms with Crippen LogP contribution >= 0.6 is 23.1 Å². The second-order valence-electron chi connectivity index (χ2n) is 6.44. The first-order valence-electron chi connectivity index (χ1n) is 9.28. The molecular weight excluding hydrogens is 364 g/mol. The Balaban J connectivity index is 1.54. The minimum atomic E-state index is -0.193. The van der Waals surface area contributed by atoms with Gasteiger partial charge in [0.05, 0.1) is 10.1 Å². The van der Waals surface area contributed by atoms with Crippen LogP contribution in [0.1, 0.15) is 46.0 Å². The smallest absolute Gasteiger partial charge is 0.233 e. The normalized spacial score (nSPS) is 15.5. The zero-order valence-corrected chi connectivity index (χ0v) is 17.0. The maximum Gasteiger partial charge on any atom is 0.233 e. The predicted octanol–water partition coefficient (Wildman–Crippen LogP) is 4.51. The molecule has 0 bridgehead atoms. The largest absolute Gasteiger partial charge is 0.355 e. The molecule has 1 aliphatic rings. The van der Waals surface area contributed by atoms with E-state index in [4.69, 9.17) is 0 Å². The average Bonchev–Trinajstić information content (AvgIpc) is 3.31. The van der Waals surface area contributed by atoms with Crippen molar-refractivity contribution in [1.29, 1.82) is 0 Å². The van der Waals surface area contributed by atoms with Gasteiger partial charge in [-0.15, -0.1) is 21.5 Å². The third kappa shape index (κ3) is 4.76. The van der Waals surface area contributed by atoms with E-state index in [1.54, 1.807) is 11.3 Å². The Morgan fingerprint density at radius 2 is 2.31 bits per heavy atom. The lowest BCUT2D eigenvalue weighted by Gasteiger charge is -2.15. The fourth-order valence-corrected chi connectivity index (χ4v) is 4.74. The van der Waals surface area contributed by atoms with Crippen LogP contribution < -0.4 is 5.32 Å². The Labute approximate surface area is 163 Å². The molecule has 1 amide bonds. The van der Waals surface area contributed by atoms with Crippen LogP contribution in [-0.4, -0.2) is 32.5 Å². The summed E-state index contributed by atoms with van der Waals surface area (Å²) < 4.78 is 2.08. The second kappa shape index (κ2) is 9.37. The molecule has 5 nitrogen and oxygen atoms in total. The molecule has 1 N–H and O–H groups in total. The molecule has 7 heteroatoms. The minimum Gasteiger partial charge on any atom is -0.355 e. The number of rotatable bonds is 8. The number of thioether (sulfide) groups is 1. The molecule has 1 atom stereocenters. The summed E-state index contributed by atoms with van der Waals surface area (Å²) in [5, 5.41) is 14.3. The maximum absolute atomic E-state index is 12.4. The van der Waals surface area contributed by atoms with Gasteiger partial charge >= 0.3 is 0 Å². The predicted molar refractivity (Wildman–Crippen MR) is 109 cm³/mol. The van der Waals surface area contributed by atoms with E-state index < -0.39 is 0 Å². The third-order valence-electron chi connectivity index (χ3n) is 4.56. The van der Waals surface area contributed by atoms with Crippen LogP contribution in [0.25, 0.3) is 10.7 Å². The highest BCUT2D eigenvalue weighted by Crippen LogP contribution is 2.29. The van der Waals surface area contributed by atoms with E-state index in [1.807, 2.05) is 24.4 Å². The molecule has 0 aromatic carbocycles. The van der Waals surface area contributed by atoms with Crippen molar-refractivity contribution in [3.63, 3.8) is 0 Å². The number of aromatic nitrogens is 3. The van der Waals surface area contributed by atoms with E-state index in [-0.39, 0.29) is 11.2 Å². The number of carbonyl (C=O) groups is 1. The second-order valence-corrected chi connectivity index (χ2v) is 8.69. The molecule has 0 saturated carbocycles. The van der Waals surface area contributed by atoms with Crippen LogP contribution in [0.15, 0.2) is 34.3 Å². The molecule has 26 heavy (non-hydrogen) atoms. The minimum absolute atomic E-state index is 0.0646. The lowest BCUT2D eigenvalue weighted by molar-refractivity contribution is -0.120. The van der Waals surface area contributed by atoms with E-state index in [1.165, 1.54) is 43.0 Å². The van der Waals surface area contributed by atoms with E-state index in [2.05, 4.69) is 33.1 Å². The molecule has 0 fully saturated rings. The van der Waals surface area contributed by atoms with Crippen molar-refractivity contribution in [2.75, 3.05) is 6.54 Å². The maximum atomic E-state index is 12.4. The number of amides is 1. The van der Waals surface area contributed by atoms with Gasteiger partial charge in [-0.05, 0) is 57.4 Å².